The van der Waals surface area contributed by atoms with E-state index in [1.54, 1.807) is 0 Å². The molecule has 0 saturated heterocycles. The summed E-state index contributed by atoms with van der Waals surface area (Å²) in [5.41, 5.74) is 0. The van der Waals surface area contributed by atoms with Crippen molar-refractivity contribution in [3.63, 3.8) is 0 Å². The van der Waals surface area contributed by atoms with E-state index in [9.17, 15) is 14.4 Å². The minimum absolute atomic E-state index is 0.0667. The second-order valence-corrected chi connectivity index (χ2v) is 15.0. The lowest BCUT2D eigenvalue weighted by Crippen LogP contribution is -2.30. The summed E-state index contributed by atoms with van der Waals surface area (Å²) in [6, 6.07) is 0. The summed E-state index contributed by atoms with van der Waals surface area (Å²) in [7, 11) is 0. The van der Waals surface area contributed by atoms with Crippen molar-refractivity contribution in [1.29, 1.82) is 0 Å². The second-order valence-electron chi connectivity index (χ2n) is 15.0. The fraction of sp³-hybridized carbons (Fsp3) is 0.929. The van der Waals surface area contributed by atoms with Gasteiger partial charge in [0.25, 0.3) is 0 Å². The largest absolute Gasteiger partial charge is 0.462 e. The van der Waals surface area contributed by atoms with Gasteiger partial charge >= 0.3 is 17.9 Å². The van der Waals surface area contributed by atoms with Crippen molar-refractivity contribution in [1.82, 2.24) is 0 Å². The first kappa shape index (κ1) is 46.4. The van der Waals surface area contributed by atoms with Crippen molar-refractivity contribution in [3.8, 4) is 0 Å². The fourth-order valence-electron chi connectivity index (χ4n) is 6.01. The van der Waals surface area contributed by atoms with Crippen LogP contribution in [0.4, 0.5) is 0 Å². The normalized spacial score (nSPS) is 12.6. The van der Waals surface area contributed by atoms with Crippen LogP contribution in [0.1, 0.15) is 221 Å². The Morgan fingerprint density at radius 1 is 0.438 bits per heavy atom. The first-order chi connectivity index (χ1) is 23.3. The van der Waals surface area contributed by atoms with Crippen LogP contribution in [-0.2, 0) is 28.6 Å². The Morgan fingerprint density at radius 3 is 1.19 bits per heavy atom. The molecule has 0 aliphatic heterocycles. The summed E-state index contributed by atoms with van der Waals surface area (Å²) in [5, 5.41) is 0. The summed E-state index contributed by atoms with van der Waals surface area (Å²) >= 11 is 0. The Morgan fingerprint density at radius 2 is 0.792 bits per heavy atom. The van der Waals surface area contributed by atoms with Gasteiger partial charge in [0.05, 0.1) is 0 Å². The molecule has 48 heavy (non-hydrogen) atoms. The molecule has 0 heterocycles. The van der Waals surface area contributed by atoms with Gasteiger partial charge in [-0.3, -0.25) is 14.4 Å². The molecule has 2 atom stereocenters. The van der Waals surface area contributed by atoms with E-state index in [2.05, 4.69) is 34.6 Å². The van der Waals surface area contributed by atoms with Crippen LogP contribution in [0, 0.1) is 11.8 Å². The molecule has 6 heteroatoms. The third-order valence-corrected chi connectivity index (χ3v) is 9.58. The van der Waals surface area contributed by atoms with E-state index < -0.39 is 6.10 Å². The van der Waals surface area contributed by atoms with E-state index in [-0.39, 0.29) is 31.1 Å². The van der Waals surface area contributed by atoms with Crippen molar-refractivity contribution in [2.24, 2.45) is 11.8 Å². The van der Waals surface area contributed by atoms with Crippen LogP contribution in [0.15, 0.2) is 0 Å². The molecule has 1 unspecified atom stereocenters. The van der Waals surface area contributed by atoms with E-state index in [0.29, 0.717) is 19.3 Å². The van der Waals surface area contributed by atoms with Crippen LogP contribution < -0.4 is 0 Å². The molecule has 0 aromatic carbocycles. The molecule has 0 radical (unpaired) electrons. The topological polar surface area (TPSA) is 78.9 Å². The van der Waals surface area contributed by atoms with Crippen LogP contribution in [0.25, 0.3) is 0 Å². The van der Waals surface area contributed by atoms with Crippen molar-refractivity contribution in [2.45, 2.75) is 227 Å². The molecule has 0 aliphatic carbocycles. The van der Waals surface area contributed by atoms with Gasteiger partial charge in [0.1, 0.15) is 13.2 Å². The lowest BCUT2D eigenvalue weighted by Gasteiger charge is -2.18. The number of carbonyl (C=O) groups excluding carboxylic acids is 3. The van der Waals surface area contributed by atoms with Crippen LogP contribution >= 0.6 is 0 Å². The van der Waals surface area contributed by atoms with E-state index in [0.717, 1.165) is 69.6 Å². The highest BCUT2D eigenvalue weighted by atomic mass is 16.6. The number of hydrogen-bond acceptors (Lipinski definition) is 6. The molecule has 0 saturated carbocycles. The molecule has 0 aromatic rings. The lowest BCUT2D eigenvalue weighted by molar-refractivity contribution is -0.167. The van der Waals surface area contributed by atoms with Gasteiger partial charge in [-0.2, -0.15) is 0 Å². The monoisotopic (exact) mass is 681 g/mol. The van der Waals surface area contributed by atoms with Gasteiger partial charge in [-0.25, -0.2) is 0 Å². The average Bonchev–Trinajstić information content (AvgIpc) is 3.06. The van der Waals surface area contributed by atoms with Crippen molar-refractivity contribution < 1.29 is 28.6 Å². The predicted molar refractivity (Wildman–Crippen MR) is 201 cm³/mol. The summed E-state index contributed by atoms with van der Waals surface area (Å²) in [4.78, 5) is 37.5. The number of unbranched alkanes of at least 4 members (excludes halogenated alkanes) is 20. The van der Waals surface area contributed by atoms with Gasteiger partial charge in [-0.15, -0.1) is 0 Å². The standard InChI is InChI=1S/C42H80O6/c1-6-8-9-10-11-12-16-22-27-32-40(43)46-35-39(36-47-41(44)33-28-23-19-18-21-26-31-38(5)7-2)48-42(45)34-29-24-17-14-13-15-20-25-30-37(3)4/h37-39H,6-36H2,1-5H3/t38?,39-/m1/s1. The Kier molecular flexibility index (Phi) is 34.1. The van der Waals surface area contributed by atoms with Gasteiger partial charge in [-0.05, 0) is 31.1 Å². The molecule has 0 N–H and O–H groups in total. The Labute approximate surface area is 298 Å². The minimum Gasteiger partial charge on any atom is -0.462 e. The smallest absolute Gasteiger partial charge is 0.306 e. The van der Waals surface area contributed by atoms with Gasteiger partial charge in [-0.1, -0.05) is 182 Å². The quantitative estimate of drug-likeness (QED) is 0.0372. The highest BCUT2D eigenvalue weighted by Crippen LogP contribution is 2.16. The number of hydrogen-bond donors (Lipinski definition) is 0. The van der Waals surface area contributed by atoms with Crippen LogP contribution in [0.5, 0.6) is 0 Å². The molecule has 0 rings (SSSR count). The molecule has 0 amide bonds. The van der Waals surface area contributed by atoms with Gasteiger partial charge in [0.2, 0.25) is 0 Å². The Balaban J connectivity index is 4.37. The second kappa shape index (κ2) is 35.2. The summed E-state index contributed by atoms with van der Waals surface area (Å²) in [6.07, 6.45) is 30.9. The molecule has 0 aliphatic rings. The van der Waals surface area contributed by atoms with E-state index >= 15 is 0 Å². The highest BCUT2D eigenvalue weighted by molar-refractivity contribution is 5.71. The number of esters is 3. The first-order valence-electron chi connectivity index (χ1n) is 20.8. The molecule has 0 aromatic heterocycles. The third kappa shape index (κ3) is 34.3. The molecular weight excluding hydrogens is 600 g/mol. The number of carbonyl (C=O) groups is 3. The van der Waals surface area contributed by atoms with Gasteiger partial charge in [0.15, 0.2) is 6.10 Å². The maximum Gasteiger partial charge on any atom is 0.306 e. The zero-order chi connectivity index (χ0) is 35.5. The maximum atomic E-state index is 12.6. The van der Waals surface area contributed by atoms with Crippen molar-refractivity contribution in [2.75, 3.05) is 13.2 Å². The zero-order valence-corrected chi connectivity index (χ0v) is 32.6. The number of ether oxygens (including phenoxy) is 3. The SMILES string of the molecule is CCCCCCCCCCCC(=O)OC[C@H](COC(=O)CCCCCCCCC(C)CC)OC(=O)CCCCCCCCCCC(C)C. The molecular formula is C42H80O6. The van der Waals surface area contributed by atoms with E-state index in [4.69, 9.17) is 14.2 Å². The van der Waals surface area contributed by atoms with Gasteiger partial charge in [0, 0.05) is 19.3 Å². The Hall–Kier alpha value is -1.59. The molecule has 6 nitrogen and oxygen atoms in total. The zero-order valence-electron chi connectivity index (χ0n) is 32.6. The summed E-state index contributed by atoms with van der Waals surface area (Å²) in [6.45, 7) is 11.2. The molecule has 0 spiro atoms. The van der Waals surface area contributed by atoms with Gasteiger partial charge < -0.3 is 14.2 Å². The number of rotatable bonds is 36. The van der Waals surface area contributed by atoms with Crippen LogP contribution in [0.3, 0.4) is 0 Å². The molecule has 0 bridgehead atoms. The lowest BCUT2D eigenvalue weighted by atomic mass is 10.00. The van der Waals surface area contributed by atoms with E-state index in [1.165, 1.54) is 109 Å². The van der Waals surface area contributed by atoms with E-state index in [1.807, 2.05) is 0 Å². The first-order valence-corrected chi connectivity index (χ1v) is 20.8. The highest BCUT2D eigenvalue weighted by Gasteiger charge is 2.19. The predicted octanol–water partition coefficient (Wildman–Crippen LogP) is 12.6. The minimum atomic E-state index is -0.759. The third-order valence-electron chi connectivity index (χ3n) is 9.58. The summed E-state index contributed by atoms with van der Waals surface area (Å²) < 4.78 is 16.6. The average molecular weight is 681 g/mol. The Bertz CT molecular complexity index is 736. The molecule has 284 valence electrons. The fourth-order valence-corrected chi connectivity index (χ4v) is 6.01. The van der Waals surface area contributed by atoms with Crippen LogP contribution in [-0.4, -0.2) is 37.2 Å². The summed E-state index contributed by atoms with van der Waals surface area (Å²) in [5.74, 6) is 0.738. The van der Waals surface area contributed by atoms with Crippen LogP contribution in [0.2, 0.25) is 0 Å². The molecule has 0 fully saturated rings. The van der Waals surface area contributed by atoms with Crippen molar-refractivity contribution in [3.05, 3.63) is 0 Å². The van der Waals surface area contributed by atoms with Crippen molar-refractivity contribution >= 4 is 17.9 Å². The maximum absolute atomic E-state index is 12.6.